The van der Waals surface area contributed by atoms with Gasteiger partial charge in [0.15, 0.2) is 12.3 Å². The Hall–Kier alpha value is -2.58. The van der Waals surface area contributed by atoms with Crippen LogP contribution < -0.4 is 10.1 Å². The first-order valence-corrected chi connectivity index (χ1v) is 6.20. The lowest BCUT2D eigenvalue weighted by molar-refractivity contribution is -0.154. The van der Waals surface area contributed by atoms with Crippen LogP contribution in [0.5, 0.6) is 5.88 Å². The van der Waals surface area contributed by atoms with Crippen molar-refractivity contribution >= 4 is 5.91 Å². The zero-order valence-electron chi connectivity index (χ0n) is 11.5. The Balaban J connectivity index is 1.99. The summed E-state index contributed by atoms with van der Waals surface area (Å²) in [7, 11) is 0. The van der Waals surface area contributed by atoms with Crippen molar-refractivity contribution in [2.75, 3.05) is 6.61 Å². The molecule has 0 spiro atoms. The van der Waals surface area contributed by atoms with Gasteiger partial charge in [0.2, 0.25) is 5.88 Å². The molecule has 0 saturated carbocycles. The third kappa shape index (κ3) is 4.47. The average Bonchev–Trinajstić information content (AvgIpc) is 2.89. The van der Waals surface area contributed by atoms with Crippen molar-refractivity contribution in [3.8, 4) is 5.88 Å². The van der Waals surface area contributed by atoms with Gasteiger partial charge in [0.1, 0.15) is 5.76 Å². The summed E-state index contributed by atoms with van der Waals surface area (Å²) in [4.78, 5) is 15.5. The Bertz CT molecular complexity index is 655. The lowest BCUT2D eigenvalue weighted by Gasteiger charge is -2.12. The number of aryl methyl sites for hydroxylation is 1. The molecule has 0 radical (unpaired) electrons. The predicted molar refractivity (Wildman–Crippen MR) is 68.2 cm³/mol. The van der Waals surface area contributed by atoms with Gasteiger partial charge in [0.25, 0.3) is 5.91 Å². The molecule has 0 bridgehead atoms. The number of hydrogen-bond acceptors (Lipinski definition) is 5. The van der Waals surface area contributed by atoms with Crippen molar-refractivity contribution in [3.63, 3.8) is 0 Å². The lowest BCUT2D eigenvalue weighted by Crippen LogP contribution is -2.24. The SMILES string of the molecule is Cc1cc(C(=O)NCc2cccnc2OCC(F)(F)F)no1. The largest absolute Gasteiger partial charge is 0.468 e. The number of carbonyl (C=O) groups is 1. The topological polar surface area (TPSA) is 77.2 Å². The van der Waals surface area contributed by atoms with Crippen LogP contribution in [0.25, 0.3) is 0 Å². The average molecular weight is 315 g/mol. The first-order chi connectivity index (χ1) is 10.3. The molecule has 6 nitrogen and oxygen atoms in total. The molecular formula is C13H12F3N3O3. The first-order valence-electron chi connectivity index (χ1n) is 6.20. The third-order valence-corrected chi connectivity index (χ3v) is 2.52. The standard InChI is InChI=1S/C13H12F3N3O3/c1-8-5-10(19-22-8)11(20)18-6-9-3-2-4-17-12(9)21-7-13(14,15)16/h2-5H,6-7H2,1H3,(H,18,20). The van der Waals surface area contributed by atoms with Gasteiger partial charge in [0, 0.05) is 24.4 Å². The number of aromatic nitrogens is 2. The molecule has 1 N–H and O–H groups in total. The number of nitrogens with one attached hydrogen (secondary N) is 1. The van der Waals surface area contributed by atoms with E-state index in [4.69, 9.17) is 4.52 Å². The lowest BCUT2D eigenvalue weighted by atomic mass is 10.2. The molecule has 0 aliphatic heterocycles. The van der Waals surface area contributed by atoms with Crippen LogP contribution >= 0.6 is 0 Å². The second-order valence-corrected chi connectivity index (χ2v) is 4.38. The Labute approximate surface area is 123 Å². The fraction of sp³-hybridized carbons (Fsp3) is 0.308. The van der Waals surface area contributed by atoms with Crippen LogP contribution in [-0.4, -0.2) is 28.8 Å². The molecular weight excluding hydrogens is 303 g/mol. The van der Waals surface area contributed by atoms with Gasteiger partial charge in [-0.05, 0) is 13.0 Å². The second kappa shape index (κ2) is 6.46. The summed E-state index contributed by atoms with van der Waals surface area (Å²) < 4.78 is 45.9. The van der Waals surface area contributed by atoms with E-state index < -0.39 is 18.7 Å². The van der Waals surface area contributed by atoms with Crippen LogP contribution in [0, 0.1) is 6.92 Å². The van der Waals surface area contributed by atoms with Gasteiger partial charge in [-0.15, -0.1) is 0 Å². The maximum absolute atomic E-state index is 12.2. The molecule has 0 aromatic carbocycles. The Morgan fingerprint density at radius 3 is 2.86 bits per heavy atom. The first kappa shape index (κ1) is 15.8. The van der Waals surface area contributed by atoms with Gasteiger partial charge in [-0.1, -0.05) is 11.2 Å². The van der Waals surface area contributed by atoms with Crippen molar-refractivity contribution in [1.29, 1.82) is 0 Å². The summed E-state index contributed by atoms with van der Waals surface area (Å²) in [5.74, 6) is -0.223. The van der Waals surface area contributed by atoms with E-state index in [1.165, 1.54) is 24.4 Å². The molecule has 0 aliphatic rings. The van der Waals surface area contributed by atoms with Gasteiger partial charge >= 0.3 is 6.18 Å². The van der Waals surface area contributed by atoms with Crippen molar-refractivity contribution in [1.82, 2.24) is 15.5 Å². The van der Waals surface area contributed by atoms with Gasteiger partial charge in [0.05, 0.1) is 0 Å². The number of carbonyl (C=O) groups excluding carboxylic acids is 1. The number of nitrogens with zero attached hydrogens (tertiary/aromatic N) is 2. The summed E-state index contributed by atoms with van der Waals surface area (Å²) in [6, 6.07) is 4.48. The Morgan fingerprint density at radius 1 is 1.45 bits per heavy atom. The number of amides is 1. The summed E-state index contributed by atoms with van der Waals surface area (Å²) in [6.45, 7) is 0.132. The van der Waals surface area contributed by atoms with E-state index in [1.807, 2.05) is 0 Å². The molecule has 1 amide bonds. The molecule has 2 aromatic rings. The van der Waals surface area contributed by atoms with Gasteiger partial charge < -0.3 is 14.6 Å². The molecule has 0 aliphatic carbocycles. The third-order valence-electron chi connectivity index (χ3n) is 2.52. The maximum Gasteiger partial charge on any atom is 0.422 e. The zero-order valence-corrected chi connectivity index (χ0v) is 11.5. The quantitative estimate of drug-likeness (QED) is 0.915. The van der Waals surface area contributed by atoms with Crippen LogP contribution in [0.3, 0.4) is 0 Å². The molecule has 118 valence electrons. The minimum Gasteiger partial charge on any atom is -0.468 e. The Kier molecular flexibility index (Phi) is 4.64. The summed E-state index contributed by atoms with van der Waals surface area (Å²) in [5.41, 5.74) is 0.402. The molecule has 0 fully saturated rings. The fourth-order valence-electron chi connectivity index (χ4n) is 1.58. The fourth-order valence-corrected chi connectivity index (χ4v) is 1.58. The van der Waals surface area contributed by atoms with Crippen LogP contribution in [0.4, 0.5) is 13.2 Å². The van der Waals surface area contributed by atoms with Crippen LogP contribution in [0.1, 0.15) is 21.8 Å². The minimum absolute atomic E-state index is 0.0498. The molecule has 2 aromatic heterocycles. The smallest absolute Gasteiger partial charge is 0.422 e. The van der Waals surface area contributed by atoms with Gasteiger partial charge in [-0.2, -0.15) is 13.2 Å². The molecule has 0 atom stereocenters. The van der Waals surface area contributed by atoms with E-state index in [0.717, 1.165) is 0 Å². The van der Waals surface area contributed by atoms with Crippen molar-refractivity contribution in [2.24, 2.45) is 0 Å². The number of rotatable bonds is 5. The summed E-state index contributed by atoms with van der Waals surface area (Å²) in [5, 5.41) is 6.04. The van der Waals surface area contributed by atoms with E-state index in [2.05, 4.69) is 20.2 Å². The molecule has 2 heterocycles. The van der Waals surface area contributed by atoms with Gasteiger partial charge in [-0.25, -0.2) is 4.98 Å². The van der Waals surface area contributed by atoms with Crippen molar-refractivity contribution in [2.45, 2.75) is 19.6 Å². The Morgan fingerprint density at radius 2 is 2.23 bits per heavy atom. The summed E-state index contributed by atoms with van der Waals surface area (Å²) in [6.07, 6.45) is -3.16. The highest BCUT2D eigenvalue weighted by Gasteiger charge is 2.29. The van der Waals surface area contributed by atoms with E-state index in [0.29, 0.717) is 11.3 Å². The van der Waals surface area contributed by atoms with E-state index >= 15 is 0 Å². The normalized spacial score (nSPS) is 11.3. The highest BCUT2D eigenvalue weighted by molar-refractivity contribution is 5.92. The molecule has 0 unspecified atom stereocenters. The minimum atomic E-state index is -4.46. The van der Waals surface area contributed by atoms with Crippen LogP contribution in [-0.2, 0) is 6.54 Å². The number of hydrogen-bond donors (Lipinski definition) is 1. The van der Waals surface area contributed by atoms with Gasteiger partial charge in [-0.3, -0.25) is 4.79 Å². The number of halogens is 3. The van der Waals surface area contributed by atoms with E-state index in [9.17, 15) is 18.0 Å². The highest BCUT2D eigenvalue weighted by atomic mass is 19.4. The predicted octanol–water partition coefficient (Wildman–Crippen LogP) is 2.25. The van der Waals surface area contributed by atoms with E-state index in [1.54, 1.807) is 6.92 Å². The summed E-state index contributed by atoms with van der Waals surface area (Å²) >= 11 is 0. The number of pyridine rings is 1. The zero-order chi connectivity index (χ0) is 16.2. The van der Waals surface area contributed by atoms with Crippen molar-refractivity contribution < 1.29 is 27.2 Å². The maximum atomic E-state index is 12.2. The van der Waals surface area contributed by atoms with Crippen LogP contribution in [0.15, 0.2) is 28.9 Å². The second-order valence-electron chi connectivity index (χ2n) is 4.38. The number of ether oxygens (including phenoxy) is 1. The monoisotopic (exact) mass is 315 g/mol. The number of alkyl halides is 3. The highest BCUT2D eigenvalue weighted by Crippen LogP contribution is 2.19. The molecule has 22 heavy (non-hydrogen) atoms. The van der Waals surface area contributed by atoms with Crippen molar-refractivity contribution in [3.05, 3.63) is 41.4 Å². The van der Waals surface area contributed by atoms with E-state index in [-0.39, 0.29) is 18.1 Å². The van der Waals surface area contributed by atoms with Crippen LogP contribution in [0.2, 0.25) is 0 Å². The molecule has 0 saturated heterocycles. The molecule has 2 rings (SSSR count). The molecule has 9 heteroatoms.